The van der Waals surface area contributed by atoms with E-state index in [2.05, 4.69) is 15.2 Å². The van der Waals surface area contributed by atoms with Crippen LogP contribution in [0.1, 0.15) is 28.7 Å². The average Bonchev–Trinajstić information content (AvgIpc) is 3.20. The van der Waals surface area contributed by atoms with E-state index in [1.54, 1.807) is 0 Å². The van der Waals surface area contributed by atoms with Crippen LogP contribution in [0, 0.1) is 13.8 Å². The highest BCUT2D eigenvalue weighted by atomic mass is 16.5. The van der Waals surface area contributed by atoms with E-state index in [4.69, 9.17) is 9.15 Å². The van der Waals surface area contributed by atoms with Crippen LogP contribution in [0.25, 0.3) is 11.0 Å². The lowest BCUT2D eigenvalue weighted by Crippen LogP contribution is -1.99. The average molecular weight is 348 g/mol. The summed E-state index contributed by atoms with van der Waals surface area (Å²) < 4.78 is 13.7. The van der Waals surface area contributed by atoms with Gasteiger partial charge in [0.2, 0.25) is 5.89 Å². The highest BCUT2D eigenvalue weighted by Gasteiger charge is 2.13. The molecule has 2 aromatic carbocycles. The maximum atomic E-state index is 5.87. The molecule has 2 heterocycles. The fraction of sp³-hybridized carbons (Fsp3) is 0.250. The van der Waals surface area contributed by atoms with Gasteiger partial charge in [0, 0.05) is 7.05 Å². The van der Waals surface area contributed by atoms with Gasteiger partial charge in [-0.05, 0) is 37.1 Å². The largest absolute Gasteiger partial charge is 0.483 e. The van der Waals surface area contributed by atoms with Gasteiger partial charge in [0.05, 0.1) is 17.5 Å². The van der Waals surface area contributed by atoms with E-state index in [-0.39, 0.29) is 6.61 Å². The van der Waals surface area contributed by atoms with Gasteiger partial charge >= 0.3 is 0 Å². The van der Waals surface area contributed by atoms with E-state index in [0.717, 1.165) is 33.7 Å². The minimum atomic E-state index is 0.251. The lowest BCUT2D eigenvalue weighted by molar-refractivity contribution is 0.256. The van der Waals surface area contributed by atoms with Crippen LogP contribution in [0.2, 0.25) is 0 Å². The number of hydrogen-bond acceptors (Lipinski definition) is 5. The first-order valence-corrected chi connectivity index (χ1v) is 8.52. The molecule has 0 atom stereocenters. The van der Waals surface area contributed by atoms with Crippen molar-refractivity contribution >= 4 is 11.0 Å². The maximum absolute atomic E-state index is 5.87. The van der Waals surface area contributed by atoms with Crippen LogP contribution in [0.5, 0.6) is 5.75 Å². The molecule has 6 nitrogen and oxygen atoms in total. The second-order valence-corrected chi connectivity index (χ2v) is 6.35. The first-order valence-electron chi connectivity index (χ1n) is 8.52. The zero-order valence-electron chi connectivity index (χ0n) is 15.1. The summed E-state index contributed by atoms with van der Waals surface area (Å²) in [7, 11) is 1.99. The molecule has 0 fully saturated rings. The molecule has 0 saturated carbocycles. The molecular weight excluding hydrogens is 328 g/mol. The predicted octanol–water partition coefficient (Wildman–Crippen LogP) is 3.74. The summed E-state index contributed by atoms with van der Waals surface area (Å²) in [6.07, 6.45) is 0.488. The Morgan fingerprint density at radius 2 is 1.69 bits per heavy atom. The van der Waals surface area contributed by atoms with Crippen molar-refractivity contribution < 1.29 is 9.15 Å². The van der Waals surface area contributed by atoms with Crippen molar-refractivity contribution in [2.24, 2.45) is 7.05 Å². The Bertz CT molecular complexity index is 1040. The molecular formula is C20H20N4O2. The van der Waals surface area contributed by atoms with Crippen LogP contribution in [0.4, 0.5) is 0 Å². The molecule has 0 saturated heterocycles. The number of fused-ring (bicyclic) bond motifs is 1. The Balaban J connectivity index is 1.48. The molecule has 0 amide bonds. The van der Waals surface area contributed by atoms with Crippen LogP contribution >= 0.6 is 0 Å². The molecule has 26 heavy (non-hydrogen) atoms. The molecule has 0 aliphatic carbocycles. The number of aromatic nitrogens is 4. The van der Waals surface area contributed by atoms with Gasteiger partial charge in [-0.25, -0.2) is 4.98 Å². The van der Waals surface area contributed by atoms with Crippen molar-refractivity contribution in [3.05, 3.63) is 71.2 Å². The fourth-order valence-corrected chi connectivity index (χ4v) is 3.07. The number of para-hydroxylation sites is 3. The summed E-state index contributed by atoms with van der Waals surface area (Å²) in [5, 5.41) is 8.22. The zero-order chi connectivity index (χ0) is 18.1. The number of ether oxygens (including phenoxy) is 1. The molecule has 0 aliphatic rings. The standard InChI is InChI=1S/C20H20N4O2/c1-13-7-6-8-14(2)20(13)25-12-19-23-22-18(26-19)11-17-21-15-9-4-5-10-16(15)24(17)3/h4-10H,11-12H2,1-3H3. The van der Waals surface area contributed by atoms with Crippen LogP contribution in [0.15, 0.2) is 46.9 Å². The van der Waals surface area contributed by atoms with Gasteiger partial charge < -0.3 is 13.7 Å². The van der Waals surface area contributed by atoms with Crippen molar-refractivity contribution in [3.63, 3.8) is 0 Å². The molecule has 0 radical (unpaired) electrons. The zero-order valence-corrected chi connectivity index (χ0v) is 15.1. The van der Waals surface area contributed by atoms with Crippen molar-refractivity contribution in [2.75, 3.05) is 0 Å². The van der Waals surface area contributed by atoms with E-state index >= 15 is 0 Å². The molecule has 132 valence electrons. The van der Waals surface area contributed by atoms with Gasteiger partial charge in [0.25, 0.3) is 5.89 Å². The summed E-state index contributed by atoms with van der Waals surface area (Å²) in [4.78, 5) is 4.64. The maximum Gasteiger partial charge on any atom is 0.253 e. The van der Waals surface area contributed by atoms with Crippen molar-refractivity contribution in [3.8, 4) is 5.75 Å². The number of imidazole rings is 1. The third-order valence-electron chi connectivity index (χ3n) is 4.45. The molecule has 6 heteroatoms. The van der Waals surface area contributed by atoms with E-state index < -0.39 is 0 Å². The lowest BCUT2D eigenvalue weighted by Gasteiger charge is -2.09. The van der Waals surface area contributed by atoms with Gasteiger partial charge in [-0.1, -0.05) is 30.3 Å². The topological polar surface area (TPSA) is 66.0 Å². The minimum absolute atomic E-state index is 0.251. The van der Waals surface area contributed by atoms with Crippen LogP contribution in [-0.2, 0) is 20.1 Å². The third kappa shape index (κ3) is 3.06. The lowest BCUT2D eigenvalue weighted by atomic mass is 10.1. The normalized spacial score (nSPS) is 11.2. The van der Waals surface area contributed by atoms with Gasteiger partial charge in [-0.2, -0.15) is 0 Å². The summed E-state index contributed by atoms with van der Waals surface area (Å²) in [5.41, 5.74) is 4.22. The molecule has 4 rings (SSSR count). The molecule has 0 spiro atoms. The fourth-order valence-electron chi connectivity index (χ4n) is 3.07. The molecule has 0 aliphatic heterocycles. The quantitative estimate of drug-likeness (QED) is 0.550. The summed E-state index contributed by atoms with van der Waals surface area (Å²) in [5.74, 6) is 2.74. The molecule has 0 unspecified atom stereocenters. The number of hydrogen-bond donors (Lipinski definition) is 0. The van der Waals surface area contributed by atoms with Crippen molar-refractivity contribution in [2.45, 2.75) is 26.9 Å². The second kappa shape index (κ2) is 6.63. The number of rotatable bonds is 5. The van der Waals surface area contributed by atoms with Gasteiger partial charge in [0.1, 0.15) is 11.6 Å². The minimum Gasteiger partial charge on any atom is -0.483 e. The number of nitrogens with zero attached hydrogens (tertiary/aromatic N) is 4. The molecule has 2 aromatic heterocycles. The van der Waals surface area contributed by atoms with Gasteiger partial charge in [0.15, 0.2) is 6.61 Å². The number of aryl methyl sites for hydroxylation is 3. The number of benzene rings is 2. The summed E-state index contributed by atoms with van der Waals surface area (Å²) >= 11 is 0. The summed E-state index contributed by atoms with van der Waals surface area (Å²) in [6.45, 7) is 4.29. The first kappa shape index (κ1) is 16.3. The van der Waals surface area contributed by atoms with Crippen molar-refractivity contribution in [1.29, 1.82) is 0 Å². The second-order valence-electron chi connectivity index (χ2n) is 6.35. The van der Waals surface area contributed by atoms with Crippen LogP contribution in [0.3, 0.4) is 0 Å². The Kier molecular flexibility index (Phi) is 4.16. The van der Waals surface area contributed by atoms with Crippen molar-refractivity contribution in [1.82, 2.24) is 19.7 Å². The molecule has 4 aromatic rings. The predicted molar refractivity (Wildman–Crippen MR) is 98.1 cm³/mol. The van der Waals surface area contributed by atoms with E-state index in [9.17, 15) is 0 Å². The Morgan fingerprint density at radius 3 is 2.46 bits per heavy atom. The monoisotopic (exact) mass is 348 g/mol. The van der Waals surface area contributed by atoms with Gasteiger partial charge in [-0.15, -0.1) is 10.2 Å². The Morgan fingerprint density at radius 1 is 0.962 bits per heavy atom. The SMILES string of the molecule is Cc1cccc(C)c1OCc1nnc(Cc2nc3ccccc3n2C)o1. The van der Waals surface area contributed by atoms with E-state index in [1.165, 1.54) is 0 Å². The highest BCUT2D eigenvalue weighted by Crippen LogP contribution is 2.23. The Hall–Kier alpha value is -3.15. The molecule has 0 N–H and O–H groups in total. The van der Waals surface area contributed by atoms with E-state index in [0.29, 0.717) is 18.2 Å². The summed E-state index contributed by atoms with van der Waals surface area (Å²) in [6, 6.07) is 14.1. The van der Waals surface area contributed by atoms with Crippen LogP contribution < -0.4 is 4.74 Å². The molecule has 0 bridgehead atoms. The first-order chi connectivity index (χ1) is 12.6. The smallest absolute Gasteiger partial charge is 0.253 e. The highest BCUT2D eigenvalue weighted by molar-refractivity contribution is 5.75. The van der Waals surface area contributed by atoms with E-state index in [1.807, 2.05) is 67.9 Å². The van der Waals surface area contributed by atoms with Crippen LogP contribution in [-0.4, -0.2) is 19.7 Å². The van der Waals surface area contributed by atoms with Gasteiger partial charge in [-0.3, -0.25) is 0 Å². The Labute approximate surface area is 151 Å². The third-order valence-corrected chi connectivity index (χ3v) is 4.45.